The SMILES string of the molecule is CNc1ccc(Br)cc(C(=O)C=Cc2ccc(Cl)cc2)c1=O. The second-order valence-corrected chi connectivity index (χ2v) is 5.87. The summed E-state index contributed by atoms with van der Waals surface area (Å²) in [6.07, 6.45) is 3.03. The molecule has 0 atom stereocenters. The van der Waals surface area contributed by atoms with Crippen LogP contribution in [-0.4, -0.2) is 12.8 Å². The molecular formula is C17H13BrClNO2. The van der Waals surface area contributed by atoms with E-state index >= 15 is 0 Å². The van der Waals surface area contributed by atoms with E-state index in [1.165, 1.54) is 12.1 Å². The van der Waals surface area contributed by atoms with Gasteiger partial charge in [-0.15, -0.1) is 0 Å². The van der Waals surface area contributed by atoms with Crippen molar-refractivity contribution < 1.29 is 4.79 Å². The van der Waals surface area contributed by atoms with Gasteiger partial charge in [0.2, 0.25) is 5.43 Å². The highest BCUT2D eigenvalue weighted by molar-refractivity contribution is 9.10. The molecule has 0 spiro atoms. The monoisotopic (exact) mass is 377 g/mol. The topological polar surface area (TPSA) is 46.2 Å². The number of hydrogen-bond acceptors (Lipinski definition) is 3. The van der Waals surface area contributed by atoms with Crippen LogP contribution in [0.25, 0.3) is 6.08 Å². The Morgan fingerprint density at radius 3 is 2.50 bits per heavy atom. The Morgan fingerprint density at radius 2 is 1.86 bits per heavy atom. The van der Waals surface area contributed by atoms with Crippen LogP contribution in [-0.2, 0) is 0 Å². The lowest BCUT2D eigenvalue weighted by Gasteiger charge is -1.96. The first kappa shape index (κ1) is 16.5. The van der Waals surface area contributed by atoms with Crippen LogP contribution in [0.4, 0.5) is 5.69 Å². The van der Waals surface area contributed by atoms with E-state index in [-0.39, 0.29) is 16.8 Å². The summed E-state index contributed by atoms with van der Waals surface area (Å²) in [6.45, 7) is 0. The number of allylic oxidation sites excluding steroid dienone is 1. The summed E-state index contributed by atoms with van der Waals surface area (Å²) in [4.78, 5) is 24.6. The molecule has 3 nitrogen and oxygen atoms in total. The van der Waals surface area contributed by atoms with Gasteiger partial charge in [-0.1, -0.05) is 45.7 Å². The molecule has 0 aliphatic carbocycles. The Kier molecular flexibility index (Phi) is 5.52. The van der Waals surface area contributed by atoms with Crippen molar-refractivity contribution in [3.05, 3.63) is 79.4 Å². The number of carbonyl (C=O) groups excluding carboxylic acids is 1. The van der Waals surface area contributed by atoms with E-state index < -0.39 is 0 Å². The molecule has 2 rings (SSSR count). The third-order valence-corrected chi connectivity index (χ3v) is 3.76. The molecule has 5 heteroatoms. The molecule has 0 fully saturated rings. The maximum atomic E-state index is 12.3. The van der Waals surface area contributed by atoms with Gasteiger partial charge in [0.1, 0.15) is 0 Å². The number of carbonyl (C=O) groups is 1. The number of benzene rings is 1. The van der Waals surface area contributed by atoms with Crippen molar-refractivity contribution in [2.45, 2.75) is 0 Å². The molecule has 0 saturated heterocycles. The van der Waals surface area contributed by atoms with Gasteiger partial charge in [-0.2, -0.15) is 0 Å². The summed E-state index contributed by atoms with van der Waals surface area (Å²) in [5.41, 5.74) is 0.970. The lowest BCUT2D eigenvalue weighted by Crippen LogP contribution is -2.14. The maximum Gasteiger partial charge on any atom is 0.212 e. The zero-order valence-electron chi connectivity index (χ0n) is 11.8. The zero-order chi connectivity index (χ0) is 16.1. The Labute approximate surface area is 141 Å². The number of halogens is 2. The average molecular weight is 379 g/mol. The van der Waals surface area contributed by atoms with Gasteiger partial charge in [0, 0.05) is 16.5 Å². The van der Waals surface area contributed by atoms with E-state index in [0.717, 1.165) is 5.56 Å². The predicted octanol–water partition coefficient (Wildman–Crippen LogP) is 4.40. The van der Waals surface area contributed by atoms with Crippen LogP contribution in [0.2, 0.25) is 5.02 Å². The van der Waals surface area contributed by atoms with Crippen LogP contribution in [0, 0.1) is 0 Å². The van der Waals surface area contributed by atoms with Crippen molar-refractivity contribution in [1.29, 1.82) is 0 Å². The molecule has 2 aromatic carbocycles. The first-order valence-electron chi connectivity index (χ1n) is 6.51. The first-order chi connectivity index (χ1) is 10.5. The summed E-state index contributed by atoms with van der Waals surface area (Å²) in [6, 6.07) is 11.9. The second-order valence-electron chi connectivity index (χ2n) is 4.52. The molecule has 0 aliphatic heterocycles. The number of ketones is 1. The van der Waals surface area contributed by atoms with Gasteiger partial charge in [-0.3, -0.25) is 9.59 Å². The van der Waals surface area contributed by atoms with E-state index in [9.17, 15) is 9.59 Å². The molecule has 2 aromatic rings. The standard InChI is InChI=1S/C17H13BrClNO2/c1-20-15-8-5-12(18)10-14(17(15)22)16(21)9-4-11-2-6-13(19)7-3-11/h2-10H,1H3,(H,20,22). The molecule has 0 aliphatic rings. The molecule has 0 heterocycles. The molecule has 0 unspecified atom stereocenters. The molecule has 0 saturated carbocycles. The van der Waals surface area contributed by atoms with Crippen molar-refractivity contribution in [2.75, 3.05) is 12.4 Å². The van der Waals surface area contributed by atoms with Crippen molar-refractivity contribution in [1.82, 2.24) is 0 Å². The van der Waals surface area contributed by atoms with Crippen LogP contribution >= 0.6 is 27.5 Å². The quantitative estimate of drug-likeness (QED) is 0.633. The minimum Gasteiger partial charge on any atom is -0.385 e. The highest BCUT2D eigenvalue weighted by Gasteiger charge is 2.10. The smallest absolute Gasteiger partial charge is 0.212 e. The van der Waals surface area contributed by atoms with Gasteiger partial charge < -0.3 is 5.32 Å². The summed E-state index contributed by atoms with van der Waals surface area (Å²) in [5, 5.41) is 3.42. The third kappa shape index (κ3) is 4.06. The summed E-state index contributed by atoms with van der Waals surface area (Å²) < 4.78 is 0.661. The molecule has 0 amide bonds. The van der Waals surface area contributed by atoms with Gasteiger partial charge in [0.25, 0.3) is 0 Å². The summed E-state index contributed by atoms with van der Waals surface area (Å²) in [5.74, 6) is -0.353. The summed E-state index contributed by atoms with van der Waals surface area (Å²) in [7, 11) is 1.64. The maximum absolute atomic E-state index is 12.3. The van der Waals surface area contributed by atoms with Crippen molar-refractivity contribution in [2.24, 2.45) is 0 Å². The fraction of sp³-hybridized carbons (Fsp3) is 0.0588. The molecular weight excluding hydrogens is 366 g/mol. The molecule has 0 radical (unpaired) electrons. The van der Waals surface area contributed by atoms with Crippen LogP contribution in [0.15, 0.2) is 57.8 Å². The molecule has 22 heavy (non-hydrogen) atoms. The fourth-order valence-corrected chi connectivity index (χ4v) is 2.34. The summed E-state index contributed by atoms with van der Waals surface area (Å²) >= 11 is 9.12. The Hall–Kier alpha value is -1.91. The van der Waals surface area contributed by atoms with Crippen molar-refractivity contribution in [3.63, 3.8) is 0 Å². The molecule has 112 valence electrons. The van der Waals surface area contributed by atoms with E-state index in [1.54, 1.807) is 49.5 Å². The van der Waals surface area contributed by atoms with Crippen LogP contribution < -0.4 is 10.7 Å². The van der Waals surface area contributed by atoms with Crippen molar-refractivity contribution >= 4 is 45.1 Å². The average Bonchev–Trinajstić information content (AvgIpc) is 2.65. The number of rotatable bonds is 4. The molecule has 1 N–H and O–H groups in total. The molecule has 0 bridgehead atoms. The van der Waals surface area contributed by atoms with E-state index in [1.807, 2.05) is 0 Å². The Balaban J connectivity index is 2.38. The molecule has 0 aromatic heterocycles. The van der Waals surface area contributed by atoms with Gasteiger partial charge in [0.15, 0.2) is 5.78 Å². The highest BCUT2D eigenvalue weighted by Crippen LogP contribution is 2.14. The fourth-order valence-electron chi connectivity index (χ4n) is 1.85. The number of nitrogens with one attached hydrogen (secondary N) is 1. The highest BCUT2D eigenvalue weighted by atomic mass is 79.9. The minimum absolute atomic E-state index is 0.103. The number of anilines is 1. The largest absolute Gasteiger partial charge is 0.385 e. The van der Waals surface area contributed by atoms with E-state index in [4.69, 9.17) is 11.6 Å². The third-order valence-electron chi connectivity index (χ3n) is 3.01. The lowest BCUT2D eigenvalue weighted by molar-refractivity contribution is 0.104. The van der Waals surface area contributed by atoms with Crippen molar-refractivity contribution in [3.8, 4) is 0 Å². The van der Waals surface area contributed by atoms with E-state index in [0.29, 0.717) is 15.2 Å². The normalized spacial score (nSPS) is 10.7. The van der Waals surface area contributed by atoms with E-state index in [2.05, 4.69) is 21.2 Å². The first-order valence-corrected chi connectivity index (χ1v) is 7.68. The predicted molar refractivity (Wildman–Crippen MR) is 94.8 cm³/mol. The van der Waals surface area contributed by atoms with Crippen LogP contribution in [0.1, 0.15) is 15.9 Å². The van der Waals surface area contributed by atoms with Gasteiger partial charge in [-0.25, -0.2) is 0 Å². The minimum atomic E-state index is -0.353. The van der Waals surface area contributed by atoms with Gasteiger partial charge in [-0.05, 0) is 42.0 Å². The second kappa shape index (κ2) is 7.38. The zero-order valence-corrected chi connectivity index (χ0v) is 14.1. The number of hydrogen-bond donors (Lipinski definition) is 1. The lowest BCUT2D eigenvalue weighted by atomic mass is 10.1. The Morgan fingerprint density at radius 1 is 1.18 bits per heavy atom. The Bertz CT molecular complexity index is 786. The van der Waals surface area contributed by atoms with Crippen LogP contribution in [0.5, 0.6) is 0 Å². The van der Waals surface area contributed by atoms with Gasteiger partial charge >= 0.3 is 0 Å². The van der Waals surface area contributed by atoms with Gasteiger partial charge in [0.05, 0.1) is 11.3 Å². The van der Waals surface area contributed by atoms with Crippen LogP contribution in [0.3, 0.4) is 0 Å².